The fourth-order valence-electron chi connectivity index (χ4n) is 2.27. The fourth-order valence-corrected chi connectivity index (χ4v) is 2.53. The van der Waals surface area contributed by atoms with Crippen molar-refractivity contribution in [1.29, 1.82) is 5.26 Å². The minimum atomic E-state index is -0.362. The van der Waals surface area contributed by atoms with Crippen LogP contribution in [0, 0.1) is 11.3 Å². The van der Waals surface area contributed by atoms with Gasteiger partial charge in [0.2, 0.25) is 5.95 Å². The van der Waals surface area contributed by atoms with Crippen LogP contribution in [-0.2, 0) is 11.3 Å². The van der Waals surface area contributed by atoms with Gasteiger partial charge in [-0.15, -0.1) is 5.10 Å². The molecule has 3 aromatic rings. The van der Waals surface area contributed by atoms with Gasteiger partial charge in [-0.3, -0.25) is 10.1 Å². The van der Waals surface area contributed by atoms with E-state index in [1.165, 1.54) is 6.08 Å². The Morgan fingerprint density at radius 2 is 2.00 bits per heavy atom. The maximum Gasteiger partial charge on any atom is 0.250 e. The minimum absolute atomic E-state index is 0.227. The van der Waals surface area contributed by atoms with E-state index in [1.807, 2.05) is 30.3 Å². The van der Waals surface area contributed by atoms with Crippen molar-refractivity contribution in [3.05, 3.63) is 82.1 Å². The average Bonchev–Trinajstić information content (AvgIpc) is 3.09. The first-order valence-corrected chi connectivity index (χ1v) is 8.55. The normalized spacial score (nSPS) is 10.6. The van der Waals surface area contributed by atoms with E-state index >= 15 is 0 Å². The molecule has 0 saturated carbocycles. The van der Waals surface area contributed by atoms with Gasteiger partial charge in [0.25, 0.3) is 5.91 Å². The predicted octanol–water partition coefficient (Wildman–Crippen LogP) is 3.61. The number of nitrogens with one attached hydrogen (secondary N) is 1. The van der Waals surface area contributed by atoms with Gasteiger partial charge in [-0.25, -0.2) is 9.67 Å². The van der Waals surface area contributed by atoms with Crippen molar-refractivity contribution in [1.82, 2.24) is 14.8 Å². The predicted molar refractivity (Wildman–Crippen MR) is 102 cm³/mol. The van der Waals surface area contributed by atoms with Gasteiger partial charge >= 0.3 is 0 Å². The molecule has 1 heterocycles. The second kappa shape index (κ2) is 8.23. The monoisotopic (exact) mass is 407 g/mol. The van der Waals surface area contributed by atoms with Crippen LogP contribution in [-0.4, -0.2) is 20.7 Å². The summed E-state index contributed by atoms with van der Waals surface area (Å²) in [5, 5.41) is 15.9. The Kier molecular flexibility index (Phi) is 5.56. The van der Waals surface area contributed by atoms with Crippen molar-refractivity contribution in [3.63, 3.8) is 0 Å². The molecule has 0 radical (unpaired) electrons. The minimum Gasteiger partial charge on any atom is -0.290 e. The molecule has 1 amide bonds. The van der Waals surface area contributed by atoms with Gasteiger partial charge < -0.3 is 0 Å². The molecule has 0 spiro atoms. The molecule has 0 aliphatic heterocycles. The molecule has 1 aromatic heterocycles. The first-order valence-electron chi connectivity index (χ1n) is 7.76. The van der Waals surface area contributed by atoms with Gasteiger partial charge in [0.05, 0.1) is 18.2 Å². The Labute approximate surface area is 158 Å². The van der Waals surface area contributed by atoms with Crippen molar-refractivity contribution in [2.75, 3.05) is 5.32 Å². The topological polar surface area (TPSA) is 83.6 Å². The quantitative estimate of drug-likeness (QED) is 0.654. The van der Waals surface area contributed by atoms with Crippen molar-refractivity contribution in [2.45, 2.75) is 6.54 Å². The standard InChI is InChI=1S/C19H14BrN5O/c20-17-8-5-14(6-9-17)12-25-13-22-19(24-25)23-18(26)10-7-15-3-1-2-4-16(15)11-21/h1-10,13H,12H2,(H,23,24,26)/b10-7+. The summed E-state index contributed by atoms with van der Waals surface area (Å²) in [6, 6.07) is 17.0. The molecular weight excluding hydrogens is 394 g/mol. The third-order valence-corrected chi connectivity index (χ3v) is 4.05. The van der Waals surface area contributed by atoms with Crippen LogP contribution in [0.15, 0.2) is 65.4 Å². The molecule has 0 aliphatic rings. The molecule has 128 valence electrons. The number of anilines is 1. The molecule has 0 bridgehead atoms. The highest BCUT2D eigenvalue weighted by Crippen LogP contribution is 2.12. The largest absolute Gasteiger partial charge is 0.290 e. The first-order chi connectivity index (χ1) is 12.6. The van der Waals surface area contributed by atoms with Gasteiger partial charge in [0.15, 0.2) is 0 Å². The van der Waals surface area contributed by atoms with Crippen molar-refractivity contribution >= 4 is 33.9 Å². The molecule has 0 atom stereocenters. The zero-order valence-corrected chi connectivity index (χ0v) is 15.2. The maximum absolute atomic E-state index is 12.0. The number of carbonyl (C=O) groups is 1. The van der Waals surface area contributed by atoms with Gasteiger partial charge in [0.1, 0.15) is 6.33 Å². The number of carbonyl (C=O) groups excluding carboxylic acids is 1. The lowest BCUT2D eigenvalue weighted by Crippen LogP contribution is -2.10. The van der Waals surface area contributed by atoms with Crippen molar-refractivity contribution in [3.8, 4) is 6.07 Å². The van der Waals surface area contributed by atoms with E-state index in [0.29, 0.717) is 17.7 Å². The molecule has 0 unspecified atom stereocenters. The summed E-state index contributed by atoms with van der Waals surface area (Å²) in [6.07, 6.45) is 4.50. The summed E-state index contributed by atoms with van der Waals surface area (Å²) in [4.78, 5) is 16.1. The maximum atomic E-state index is 12.0. The van der Waals surface area contributed by atoms with Gasteiger partial charge in [-0.05, 0) is 35.4 Å². The van der Waals surface area contributed by atoms with Crippen LogP contribution in [0.25, 0.3) is 6.08 Å². The molecule has 26 heavy (non-hydrogen) atoms. The average molecular weight is 408 g/mol. The smallest absolute Gasteiger partial charge is 0.250 e. The Hall–Kier alpha value is -3.24. The number of rotatable bonds is 5. The summed E-state index contributed by atoms with van der Waals surface area (Å²) >= 11 is 3.40. The number of hydrogen-bond acceptors (Lipinski definition) is 4. The Balaban J connectivity index is 1.61. The SMILES string of the molecule is N#Cc1ccccc1/C=C/C(=O)Nc1ncn(Cc2ccc(Br)cc2)n1. The first kappa shape index (κ1) is 17.6. The van der Waals surface area contributed by atoms with E-state index in [4.69, 9.17) is 5.26 Å². The van der Waals surface area contributed by atoms with Gasteiger partial charge in [0, 0.05) is 10.5 Å². The van der Waals surface area contributed by atoms with Crippen molar-refractivity contribution < 1.29 is 4.79 Å². The number of nitrogens with zero attached hydrogens (tertiary/aromatic N) is 4. The lowest BCUT2D eigenvalue weighted by molar-refractivity contribution is -0.111. The molecule has 1 N–H and O–H groups in total. The Bertz CT molecular complexity index is 986. The molecule has 2 aromatic carbocycles. The van der Waals surface area contributed by atoms with E-state index in [1.54, 1.807) is 35.3 Å². The van der Waals surface area contributed by atoms with Gasteiger partial charge in [-0.1, -0.05) is 46.3 Å². The van der Waals surface area contributed by atoms with E-state index in [9.17, 15) is 4.79 Å². The van der Waals surface area contributed by atoms with Gasteiger partial charge in [-0.2, -0.15) is 5.26 Å². The second-order valence-electron chi connectivity index (χ2n) is 5.41. The molecule has 7 heteroatoms. The molecular formula is C19H14BrN5O. The van der Waals surface area contributed by atoms with Crippen molar-refractivity contribution in [2.24, 2.45) is 0 Å². The number of amides is 1. The number of halogens is 1. The summed E-state index contributed by atoms with van der Waals surface area (Å²) in [5.41, 5.74) is 2.26. The number of aromatic nitrogens is 3. The summed E-state index contributed by atoms with van der Waals surface area (Å²) in [6.45, 7) is 0.557. The number of hydrogen-bond donors (Lipinski definition) is 1. The summed E-state index contributed by atoms with van der Waals surface area (Å²) < 4.78 is 2.66. The van der Waals surface area contributed by atoms with Crippen LogP contribution in [0.2, 0.25) is 0 Å². The fraction of sp³-hybridized carbons (Fsp3) is 0.0526. The molecule has 0 fully saturated rings. The lowest BCUT2D eigenvalue weighted by atomic mass is 10.1. The van der Waals surface area contributed by atoms with Crippen LogP contribution >= 0.6 is 15.9 Å². The highest BCUT2D eigenvalue weighted by molar-refractivity contribution is 9.10. The second-order valence-corrected chi connectivity index (χ2v) is 6.33. The van der Waals surface area contributed by atoms with E-state index < -0.39 is 0 Å². The molecule has 3 rings (SSSR count). The Morgan fingerprint density at radius 1 is 1.23 bits per heavy atom. The molecule has 0 aliphatic carbocycles. The number of benzene rings is 2. The van der Waals surface area contributed by atoms with Crippen LogP contribution in [0.5, 0.6) is 0 Å². The molecule has 6 nitrogen and oxygen atoms in total. The lowest BCUT2D eigenvalue weighted by Gasteiger charge is -2.01. The van der Waals surface area contributed by atoms with E-state index in [-0.39, 0.29) is 11.9 Å². The third-order valence-electron chi connectivity index (χ3n) is 3.52. The van der Waals surface area contributed by atoms with Crippen LogP contribution in [0.4, 0.5) is 5.95 Å². The highest BCUT2D eigenvalue weighted by Gasteiger charge is 2.05. The summed E-state index contributed by atoms with van der Waals surface area (Å²) in [7, 11) is 0. The zero-order valence-electron chi connectivity index (χ0n) is 13.6. The Morgan fingerprint density at radius 3 is 2.77 bits per heavy atom. The highest BCUT2D eigenvalue weighted by atomic mass is 79.9. The zero-order chi connectivity index (χ0) is 18.4. The molecule has 0 saturated heterocycles. The van der Waals surface area contributed by atoms with E-state index in [0.717, 1.165) is 10.0 Å². The van der Waals surface area contributed by atoms with E-state index in [2.05, 4.69) is 37.4 Å². The van der Waals surface area contributed by atoms with Crippen LogP contribution in [0.3, 0.4) is 0 Å². The third kappa shape index (κ3) is 4.65. The van der Waals surface area contributed by atoms with Crippen LogP contribution < -0.4 is 5.32 Å². The van der Waals surface area contributed by atoms with Crippen LogP contribution in [0.1, 0.15) is 16.7 Å². The summed E-state index contributed by atoms with van der Waals surface area (Å²) in [5.74, 6) is -0.135. The number of nitriles is 1.